The molecule has 4 aromatic heterocycles. The highest BCUT2D eigenvalue weighted by Crippen LogP contribution is 2.25. The first-order chi connectivity index (χ1) is 14.0. The van der Waals surface area contributed by atoms with Gasteiger partial charge in [0.25, 0.3) is 11.2 Å². The SMILES string of the molecule is O=c1c(=Cc2ccc(-c3ccc([N+](=O)[O-])cc3)o2)sc2nc3cc(Br)cnc3n12. The number of furan rings is 1. The van der Waals surface area contributed by atoms with Crippen molar-refractivity contribution >= 4 is 55.2 Å². The fraction of sp³-hybridized carbons (Fsp3) is 0. The summed E-state index contributed by atoms with van der Waals surface area (Å²) in [6.07, 6.45) is 3.28. The average Bonchev–Trinajstić information content (AvgIpc) is 3.38. The molecule has 0 unspecified atom stereocenters. The first kappa shape index (κ1) is 17.7. The molecular formula is C19H9BrN4O4S. The summed E-state index contributed by atoms with van der Waals surface area (Å²) >= 11 is 4.60. The third-order valence-electron chi connectivity index (χ3n) is 4.31. The number of pyridine rings is 1. The summed E-state index contributed by atoms with van der Waals surface area (Å²) in [6.45, 7) is 0. The number of non-ortho nitro benzene ring substituents is 1. The Morgan fingerprint density at radius 3 is 2.76 bits per heavy atom. The summed E-state index contributed by atoms with van der Waals surface area (Å²) in [7, 11) is 0. The van der Waals surface area contributed by atoms with Crippen molar-refractivity contribution in [2.75, 3.05) is 0 Å². The Bertz CT molecular complexity index is 1520. The van der Waals surface area contributed by atoms with Crippen LogP contribution in [-0.4, -0.2) is 19.3 Å². The molecule has 0 N–H and O–H groups in total. The fourth-order valence-electron chi connectivity index (χ4n) is 2.98. The standard InChI is InChI=1S/C19H9BrN4O4S/c20-11-7-14-17(21-9-11)23-18(25)16(29-19(23)22-14)8-13-5-6-15(28-13)10-1-3-12(4-2-10)24(26)27/h1-9H. The Morgan fingerprint density at radius 2 is 2.00 bits per heavy atom. The van der Waals surface area contributed by atoms with Gasteiger partial charge in [-0.1, -0.05) is 11.3 Å². The number of nitro benzene ring substituents is 1. The van der Waals surface area contributed by atoms with Crippen molar-refractivity contribution in [2.24, 2.45) is 0 Å². The number of halogens is 1. The molecule has 0 bridgehead atoms. The lowest BCUT2D eigenvalue weighted by Crippen LogP contribution is -2.22. The van der Waals surface area contributed by atoms with Crippen molar-refractivity contribution in [3.63, 3.8) is 0 Å². The summed E-state index contributed by atoms with van der Waals surface area (Å²) in [5.41, 5.74) is 1.66. The number of nitro groups is 1. The number of aromatic nitrogens is 3. The Balaban J connectivity index is 1.56. The first-order valence-corrected chi connectivity index (χ1v) is 9.93. The van der Waals surface area contributed by atoms with E-state index in [1.807, 2.05) is 6.07 Å². The average molecular weight is 469 g/mol. The number of nitrogens with zero attached hydrogens (tertiary/aromatic N) is 4. The fourth-order valence-corrected chi connectivity index (χ4v) is 4.25. The number of benzene rings is 1. The number of thiazole rings is 1. The van der Waals surface area contributed by atoms with Gasteiger partial charge in [0.15, 0.2) is 10.6 Å². The normalized spacial score (nSPS) is 12.2. The molecule has 0 saturated carbocycles. The lowest BCUT2D eigenvalue weighted by atomic mass is 10.1. The first-order valence-electron chi connectivity index (χ1n) is 8.32. The van der Waals surface area contributed by atoms with Crippen LogP contribution in [0.5, 0.6) is 0 Å². The molecule has 0 saturated heterocycles. The van der Waals surface area contributed by atoms with E-state index in [1.54, 1.807) is 36.5 Å². The van der Waals surface area contributed by atoms with E-state index in [9.17, 15) is 14.9 Å². The Labute approximate surface area is 174 Å². The van der Waals surface area contributed by atoms with E-state index < -0.39 is 4.92 Å². The van der Waals surface area contributed by atoms with Gasteiger partial charge in [0, 0.05) is 34.4 Å². The maximum absolute atomic E-state index is 12.8. The van der Waals surface area contributed by atoms with Crippen molar-refractivity contribution in [1.29, 1.82) is 0 Å². The number of hydrogen-bond donors (Lipinski definition) is 0. The van der Waals surface area contributed by atoms with Gasteiger partial charge in [-0.05, 0) is 46.3 Å². The van der Waals surface area contributed by atoms with E-state index in [2.05, 4.69) is 25.9 Å². The topological polar surface area (TPSA) is 104 Å². The van der Waals surface area contributed by atoms with Gasteiger partial charge in [-0.25, -0.2) is 14.4 Å². The molecule has 0 aliphatic heterocycles. The van der Waals surface area contributed by atoms with Crippen LogP contribution in [0.1, 0.15) is 5.76 Å². The molecule has 142 valence electrons. The second kappa shape index (κ2) is 6.61. The van der Waals surface area contributed by atoms with Crippen LogP contribution in [0.3, 0.4) is 0 Å². The molecule has 5 rings (SSSR count). The highest BCUT2D eigenvalue weighted by Gasteiger charge is 2.13. The van der Waals surface area contributed by atoms with Crippen molar-refractivity contribution < 1.29 is 9.34 Å². The van der Waals surface area contributed by atoms with Crippen LogP contribution in [0.4, 0.5) is 5.69 Å². The molecule has 29 heavy (non-hydrogen) atoms. The number of hydrogen-bond acceptors (Lipinski definition) is 7. The maximum atomic E-state index is 12.8. The molecule has 8 nitrogen and oxygen atoms in total. The van der Waals surface area contributed by atoms with Crippen molar-refractivity contribution in [3.8, 4) is 11.3 Å². The summed E-state index contributed by atoms with van der Waals surface area (Å²) in [6, 6.07) is 11.4. The number of rotatable bonds is 3. The van der Waals surface area contributed by atoms with E-state index in [4.69, 9.17) is 4.42 Å². The molecule has 1 aromatic carbocycles. The Kier molecular flexibility index (Phi) is 4.03. The summed E-state index contributed by atoms with van der Waals surface area (Å²) in [4.78, 5) is 32.4. The van der Waals surface area contributed by atoms with E-state index >= 15 is 0 Å². The van der Waals surface area contributed by atoms with Crippen LogP contribution in [0.25, 0.3) is 33.5 Å². The third-order valence-corrected chi connectivity index (χ3v) is 5.71. The zero-order valence-corrected chi connectivity index (χ0v) is 16.8. The summed E-state index contributed by atoms with van der Waals surface area (Å²) < 4.78 is 8.55. The predicted molar refractivity (Wildman–Crippen MR) is 112 cm³/mol. The molecule has 10 heteroatoms. The Hall–Kier alpha value is -3.37. The third kappa shape index (κ3) is 3.02. The highest BCUT2D eigenvalue weighted by atomic mass is 79.9. The van der Waals surface area contributed by atoms with Gasteiger partial charge in [0.2, 0.25) is 0 Å². The van der Waals surface area contributed by atoms with Crippen LogP contribution < -0.4 is 10.1 Å². The van der Waals surface area contributed by atoms with Crippen molar-refractivity contribution in [3.05, 3.63) is 83.9 Å². The molecule has 4 heterocycles. The van der Waals surface area contributed by atoms with E-state index in [0.29, 0.717) is 37.7 Å². The molecule has 0 spiro atoms. The van der Waals surface area contributed by atoms with Crippen LogP contribution in [0, 0.1) is 10.1 Å². The van der Waals surface area contributed by atoms with E-state index in [1.165, 1.54) is 27.9 Å². The zero-order chi connectivity index (χ0) is 20.1. The predicted octanol–water partition coefficient (Wildman–Crippen LogP) is 3.78. The molecule has 0 amide bonds. The quantitative estimate of drug-likeness (QED) is 0.294. The summed E-state index contributed by atoms with van der Waals surface area (Å²) in [5.74, 6) is 1.05. The molecule has 0 aliphatic carbocycles. The maximum Gasteiger partial charge on any atom is 0.276 e. The number of imidazole rings is 1. The van der Waals surface area contributed by atoms with Gasteiger partial charge >= 0.3 is 0 Å². The monoisotopic (exact) mass is 468 g/mol. The van der Waals surface area contributed by atoms with Crippen molar-refractivity contribution in [2.45, 2.75) is 0 Å². The lowest BCUT2D eigenvalue weighted by Gasteiger charge is -1.96. The van der Waals surface area contributed by atoms with Gasteiger partial charge in [-0.3, -0.25) is 14.9 Å². The second-order valence-corrected chi connectivity index (χ2v) is 8.07. The largest absolute Gasteiger partial charge is 0.457 e. The minimum atomic E-state index is -0.453. The minimum absolute atomic E-state index is 0.0119. The molecule has 0 radical (unpaired) electrons. The van der Waals surface area contributed by atoms with Gasteiger partial charge in [0.05, 0.1) is 4.92 Å². The number of fused-ring (bicyclic) bond motifs is 3. The van der Waals surface area contributed by atoms with Crippen LogP contribution >= 0.6 is 27.3 Å². The van der Waals surface area contributed by atoms with Crippen LogP contribution in [-0.2, 0) is 0 Å². The minimum Gasteiger partial charge on any atom is -0.457 e. The highest BCUT2D eigenvalue weighted by molar-refractivity contribution is 9.10. The lowest BCUT2D eigenvalue weighted by molar-refractivity contribution is -0.384. The smallest absolute Gasteiger partial charge is 0.276 e. The molecule has 0 aliphatic rings. The van der Waals surface area contributed by atoms with Crippen LogP contribution in [0.2, 0.25) is 0 Å². The molecule has 5 aromatic rings. The van der Waals surface area contributed by atoms with E-state index in [-0.39, 0.29) is 11.2 Å². The molecule has 0 atom stereocenters. The summed E-state index contributed by atoms with van der Waals surface area (Å²) in [5, 5.41) is 10.8. The zero-order valence-electron chi connectivity index (χ0n) is 14.4. The van der Waals surface area contributed by atoms with E-state index in [0.717, 1.165) is 4.47 Å². The van der Waals surface area contributed by atoms with Gasteiger partial charge in [0.1, 0.15) is 21.6 Å². The van der Waals surface area contributed by atoms with Gasteiger partial charge < -0.3 is 4.42 Å². The van der Waals surface area contributed by atoms with Crippen LogP contribution in [0.15, 0.2) is 62.3 Å². The van der Waals surface area contributed by atoms with Crippen molar-refractivity contribution in [1.82, 2.24) is 14.4 Å². The molecule has 0 fully saturated rings. The second-order valence-electron chi connectivity index (χ2n) is 6.15. The van der Waals surface area contributed by atoms with Gasteiger partial charge in [-0.15, -0.1) is 0 Å². The van der Waals surface area contributed by atoms with Gasteiger partial charge in [-0.2, -0.15) is 0 Å². The Morgan fingerprint density at radius 1 is 1.21 bits per heavy atom. The molecular weight excluding hydrogens is 460 g/mol.